The van der Waals surface area contributed by atoms with Gasteiger partial charge in [-0.1, -0.05) is 0 Å². The molecule has 0 aliphatic heterocycles. The predicted molar refractivity (Wildman–Crippen MR) is 76.7 cm³/mol. The highest BCUT2D eigenvalue weighted by molar-refractivity contribution is 5.41. The van der Waals surface area contributed by atoms with Crippen LogP contribution in [0.15, 0.2) is 47.4 Å². The highest BCUT2D eigenvalue weighted by atomic mass is 19.4. The van der Waals surface area contributed by atoms with Crippen molar-refractivity contribution in [2.24, 2.45) is 0 Å². The molecular weight excluding hydrogens is 297 g/mol. The second-order valence-electron chi connectivity index (χ2n) is 4.72. The maximum Gasteiger partial charge on any atom is 0.417 e. The molecule has 0 bridgehead atoms. The number of halogens is 3. The Hall–Kier alpha value is -2.44. The molecule has 4 nitrogen and oxygen atoms in total. The maximum absolute atomic E-state index is 12.6. The van der Waals surface area contributed by atoms with Crippen LogP contribution >= 0.6 is 0 Å². The standard InChI is InChI=1S/C15H15F3N2O2/c16-15(17,18)11-2-7-14(21)20(10-11)8-1-9-22-13-5-3-12(19)4-6-13/h2-7,10H,1,8-9,19H2. The van der Waals surface area contributed by atoms with Gasteiger partial charge in [0.25, 0.3) is 5.56 Å². The van der Waals surface area contributed by atoms with Crippen LogP contribution in [0.2, 0.25) is 0 Å². The molecule has 7 heteroatoms. The lowest BCUT2D eigenvalue weighted by atomic mass is 10.2. The molecular formula is C15H15F3N2O2. The van der Waals surface area contributed by atoms with Gasteiger partial charge in [0.15, 0.2) is 0 Å². The molecule has 0 amide bonds. The summed E-state index contributed by atoms with van der Waals surface area (Å²) in [7, 11) is 0. The van der Waals surface area contributed by atoms with Crippen LogP contribution in [0.1, 0.15) is 12.0 Å². The van der Waals surface area contributed by atoms with Crippen LogP contribution in [-0.4, -0.2) is 11.2 Å². The van der Waals surface area contributed by atoms with Crippen molar-refractivity contribution in [1.29, 1.82) is 0 Å². The molecule has 22 heavy (non-hydrogen) atoms. The van der Waals surface area contributed by atoms with Gasteiger partial charge in [-0.2, -0.15) is 13.2 Å². The summed E-state index contributed by atoms with van der Waals surface area (Å²) in [6.07, 6.45) is -3.23. The minimum atomic E-state index is -4.46. The minimum Gasteiger partial charge on any atom is -0.494 e. The Morgan fingerprint density at radius 1 is 1.09 bits per heavy atom. The molecule has 2 N–H and O–H groups in total. The number of hydrogen-bond donors (Lipinski definition) is 1. The van der Waals surface area contributed by atoms with Gasteiger partial charge in [0.05, 0.1) is 12.2 Å². The molecule has 1 aromatic heterocycles. The Morgan fingerprint density at radius 2 is 1.77 bits per heavy atom. The molecule has 0 aliphatic carbocycles. The summed E-state index contributed by atoms with van der Waals surface area (Å²) in [6, 6.07) is 8.48. The van der Waals surface area contributed by atoms with Gasteiger partial charge in [0.2, 0.25) is 0 Å². The van der Waals surface area contributed by atoms with Gasteiger partial charge in [0, 0.05) is 24.5 Å². The molecule has 0 aliphatic rings. The zero-order chi connectivity index (χ0) is 16.2. The Labute approximate surface area is 124 Å². The summed E-state index contributed by atoms with van der Waals surface area (Å²) in [5, 5.41) is 0. The fraction of sp³-hybridized carbons (Fsp3) is 0.267. The van der Waals surface area contributed by atoms with E-state index in [1.54, 1.807) is 24.3 Å². The first kappa shape index (κ1) is 15.9. The first-order chi connectivity index (χ1) is 10.4. The lowest BCUT2D eigenvalue weighted by Gasteiger charge is -2.11. The highest BCUT2D eigenvalue weighted by Crippen LogP contribution is 2.28. The molecule has 1 heterocycles. The molecule has 118 valence electrons. The SMILES string of the molecule is Nc1ccc(OCCCn2cc(C(F)(F)F)ccc2=O)cc1. The number of nitrogen functional groups attached to an aromatic ring is 1. The number of anilines is 1. The van der Waals surface area contributed by atoms with Crippen molar-refractivity contribution >= 4 is 5.69 Å². The summed E-state index contributed by atoms with van der Waals surface area (Å²) in [5.74, 6) is 0.616. The fourth-order valence-electron chi connectivity index (χ4n) is 1.86. The number of alkyl halides is 3. The van der Waals surface area contributed by atoms with Crippen molar-refractivity contribution in [2.45, 2.75) is 19.1 Å². The number of aryl methyl sites for hydroxylation is 1. The second-order valence-corrected chi connectivity index (χ2v) is 4.72. The Kier molecular flexibility index (Phi) is 4.75. The molecule has 0 saturated carbocycles. The number of aromatic nitrogens is 1. The van der Waals surface area contributed by atoms with Gasteiger partial charge in [-0.3, -0.25) is 4.79 Å². The lowest BCUT2D eigenvalue weighted by molar-refractivity contribution is -0.138. The third kappa shape index (κ3) is 4.28. The monoisotopic (exact) mass is 312 g/mol. The van der Waals surface area contributed by atoms with Gasteiger partial charge >= 0.3 is 6.18 Å². The summed E-state index contributed by atoms with van der Waals surface area (Å²) >= 11 is 0. The average molecular weight is 312 g/mol. The van der Waals surface area contributed by atoms with Crippen LogP contribution in [0.5, 0.6) is 5.75 Å². The number of hydrogen-bond acceptors (Lipinski definition) is 3. The van der Waals surface area contributed by atoms with E-state index in [0.717, 1.165) is 22.9 Å². The summed E-state index contributed by atoms with van der Waals surface area (Å²) in [4.78, 5) is 11.5. The number of nitrogens with two attached hydrogens (primary N) is 1. The third-order valence-corrected chi connectivity index (χ3v) is 3.00. The van der Waals surface area contributed by atoms with E-state index in [4.69, 9.17) is 10.5 Å². The van der Waals surface area contributed by atoms with Crippen molar-refractivity contribution in [2.75, 3.05) is 12.3 Å². The lowest BCUT2D eigenvalue weighted by Crippen LogP contribution is -2.22. The first-order valence-electron chi connectivity index (χ1n) is 6.62. The molecule has 2 aromatic rings. The minimum absolute atomic E-state index is 0.151. The fourth-order valence-corrected chi connectivity index (χ4v) is 1.86. The summed E-state index contributed by atoms with van der Waals surface area (Å²) in [5.41, 5.74) is 4.84. The predicted octanol–water partition coefficient (Wildman–Crippen LogP) is 2.92. The van der Waals surface area contributed by atoms with Crippen LogP contribution in [0.4, 0.5) is 18.9 Å². The molecule has 1 aromatic carbocycles. The zero-order valence-electron chi connectivity index (χ0n) is 11.6. The van der Waals surface area contributed by atoms with Gasteiger partial charge < -0.3 is 15.0 Å². The normalized spacial score (nSPS) is 11.4. The Bertz CT molecular complexity index is 678. The van der Waals surface area contributed by atoms with E-state index in [-0.39, 0.29) is 13.2 Å². The number of nitrogens with zero attached hydrogens (tertiary/aromatic N) is 1. The van der Waals surface area contributed by atoms with E-state index in [9.17, 15) is 18.0 Å². The van der Waals surface area contributed by atoms with Crippen molar-refractivity contribution in [3.8, 4) is 5.75 Å². The van der Waals surface area contributed by atoms with E-state index >= 15 is 0 Å². The van der Waals surface area contributed by atoms with E-state index in [1.807, 2.05) is 0 Å². The van der Waals surface area contributed by atoms with Crippen LogP contribution in [0.3, 0.4) is 0 Å². The van der Waals surface area contributed by atoms with Crippen LogP contribution in [0.25, 0.3) is 0 Å². The van der Waals surface area contributed by atoms with Gasteiger partial charge in [-0.05, 0) is 36.8 Å². The van der Waals surface area contributed by atoms with Crippen molar-refractivity contribution in [3.05, 3.63) is 58.5 Å². The molecule has 0 atom stereocenters. The van der Waals surface area contributed by atoms with Gasteiger partial charge in [0.1, 0.15) is 5.75 Å². The van der Waals surface area contributed by atoms with E-state index < -0.39 is 17.3 Å². The number of pyridine rings is 1. The maximum atomic E-state index is 12.6. The molecule has 0 unspecified atom stereocenters. The first-order valence-corrected chi connectivity index (χ1v) is 6.62. The number of ether oxygens (including phenoxy) is 1. The molecule has 0 radical (unpaired) electrons. The topological polar surface area (TPSA) is 57.2 Å². The van der Waals surface area contributed by atoms with Crippen molar-refractivity contribution < 1.29 is 17.9 Å². The third-order valence-electron chi connectivity index (χ3n) is 3.00. The summed E-state index contributed by atoms with van der Waals surface area (Å²) in [6.45, 7) is 0.435. The molecule has 0 spiro atoms. The number of benzene rings is 1. The van der Waals surface area contributed by atoms with Crippen molar-refractivity contribution in [1.82, 2.24) is 4.57 Å². The van der Waals surface area contributed by atoms with E-state index in [0.29, 0.717) is 17.9 Å². The zero-order valence-corrected chi connectivity index (χ0v) is 11.6. The van der Waals surface area contributed by atoms with E-state index in [1.165, 1.54) is 0 Å². The highest BCUT2D eigenvalue weighted by Gasteiger charge is 2.30. The molecule has 0 saturated heterocycles. The van der Waals surface area contributed by atoms with Crippen LogP contribution < -0.4 is 16.0 Å². The van der Waals surface area contributed by atoms with Crippen LogP contribution in [-0.2, 0) is 12.7 Å². The average Bonchev–Trinajstić information content (AvgIpc) is 2.46. The van der Waals surface area contributed by atoms with E-state index in [2.05, 4.69) is 0 Å². The molecule has 2 rings (SSSR count). The molecule has 0 fully saturated rings. The number of rotatable bonds is 5. The Balaban J connectivity index is 1.91. The quantitative estimate of drug-likeness (QED) is 0.682. The smallest absolute Gasteiger partial charge is 0.417 e. The van der Waals surface area contributed by atoms with Crippen molar-refractivity contribution in [3.63, 3.8) is 0 Å². The van der Waals surface area contributed by atoms with Crippen LogP contribution in [0, 0.1) is 0 Å². The summed E-state index contributed by atoms with van der Waals surface area (Å²) < 4.78 is 44.2. The van der Waals surface area contributed by atoms with Gasteiger partial charge in [-0.15, -0.1) is 0 Å². The largest absolute Gasteiger partial charge is 0.494 e. The second kappa shape index (κ2) is 6.55. The Morgan fingerprint density at radius 3 is 2.41 bits per heavy atom. The van der Waals surface area contributed by atoms with Gasteiger partial charge in [-0.25, -0.2) is 0 Å².